The van der Waals surface area contributed by atoms with E-state index in [1.54, 1.807) is 49.1 Å². The van der Waals surface area contributed by atoms with Crippen LogP contribution >= 0.6 is 0 Å². The molecule has 2 aromatic heterocycles. The molecule has 2 atom stereocenters. The van der Waals surface area contributed by atoms with Crippen LogP contribution in [0.1, 0.15) is 23.2 Å². The van der Waals surface area contributed by atoms with Crippen LogP contribution in [0.25, 0.3) is 0 Å². The molecule has 0 spiro atoms. The van der Waals surface area contributed by atoms with Crippen molar-refractivity contribution >= 4 is 11.8 Å². The molecule has 0 saturated carbocycles. The summed E-state index contributed by atoms with van der Waals surface area (Å²) in [6.45, 7) is 0. The third-order valence-corrected chi connectivity index (χ3v) is 3.99. The highest BCUT2D eigenvalue weighted by atomic mass is 16.2. The number of hydrogen-bond acceptors (Lipinski definition) is 4. The van der Waals surface area contributed by atoms with E-state index in [1.165, 1.54) is 0 Å². The Morgan fingerprint density at radius 3 is 1.41 bits per heavy atom. The predicted octanol–water partition coefficient (Wildman–Crippen LogP) is 0.815. The molecule has 108 valence electrons. The van der Waals surface area contributed by atoms with Gasteiger partial charge in [0.15, 0.2) is 0 Å². The summed E-state index contributed by atoms with van der Waals surface area (Å²) in [6.07, 6.45) is 6.58. The third-order valence-electron chi connectivity index (χ3n) is 3.99. The Kier molecular flexibility index (Phi) is 2.75. The van der Waals surface area contributed by atoms with E-state index in [4.69, 9.17) is 0 Å². The molecule has 2 amide bonds. The number of carbonyl (C=O) groups excluding carboxylic acids is 2. The van der Waals surface area contributed by atoms with E-state index in [1.807, 2.05) is 0 Å². The first-order chi connectivity index (χ1) is 10.8. The van der Waals surface area contributed by atoms with Gasteiger partial charge in [0.1, 0.15) is 0 Å². The lowest BCUT2D eigenvalue weighted by Gasteiger charge is -2.17. The van der Waals surface area contributed by atoms with E-state index in [9.17, 15) is 9.59 Å². The first-order valence-electron chi connectivity index (χ1n) is 6.91. The molecule has 0 radical (unpaired) electrons. The highest BCUT2D eigenvalue weighted by Gasteiger charge is 2.45. The summed E-state index contributed by atoms with van der Waals surface area (Å²) in [5, 5.41) is 5.77. The Labute approximate surface area is 126 Å². The molecule has 2 aromatic rings. The molecule has 6 heteroatoms. The summed E-state index contributed by atoms with van der Waals surface area (Å²) in [7, 11) is 0. The summed E-state index contributed by atoms with van der Waals surface area (Å²) in [5.41, 5.74) is 2.69. The van der Waals surface area contributed by atoms with Gasteiger partial charge in [-0.05, 0) is 35.4 Å². The molecular formula is C16H12N4O2. The van der Waals surface area contributed by atoms with Crippen LogP contribution in [0, 0.1) is 0 Å². The monoisotopic (exact) mass is 292 g/mol. The van der Waals surface area contributed by atoms with E-state index in [-0.39, 0.29) is 11.8 Å². The van der Waals surface area contributed by atoms with Crippen LogP contribution in [0.5, 0.6) is 0 Å². The van der Waals surface area contributed by atoms with Crippen LogP contribution < -0.4 is 10.6 Å². The molecule has 4 rings (SSSR count). The lowest BCUT2D eigenvalue weighted by atomic mass is 9.96. The molecule has 2 aliphatic rings. The SMILES string of the molecule is O=C1NC(c2ccncc2)C2=C1C(c1ccncc1)NC2=O. The molecule has 2 N–H and O–H groups in total. The molecular weight excluding hydrogens is 280 g/mol. The van der Waals surface area contributed by atoms with E-state index in [0.717, 1.165) is 11.1 Å². The molecule has 2 unspecified atom stereocenters. The van der Waals surface area contributed by atoms with Crippen molar-refractivity contribution in [3.05, 3.63) is 71.3 Å². The topological polar surface area (TPSA) is 84.0 Å². The highest BCUT2D eigenvalue weighted by molar-refractivity contribution is 6.13. The van der Waals surface area contributed by atoms with Crippen molar-refractivity contribution in [3.63, 3.8) is 0 Å². The van der Waals surface area contributed by atoms with Crippen molar-refractivity contribution in [2.24, 2.45) is 0 Å². The lowest BCUT2D eigenvalue weighted by molar-refractivity contribution is -0.118. The Hall–Kier alpha value is -3.02. The van der Waals surface area contributed by atoms with Crippen molar-refractivity contribution in [1.82, 2.24) is 20.6 Å². The fourth-order valence-corrected chi connectivity index (χ4v) is 2.99. The smallest absolute Gasteiger partial charge is 0.250 e. The third kappa shape index (κ3) is 1.81. The van der Waals surface area contributed by atoms with Gasteiger partial charge < -0.3 is 10.6 Å². The normalized spacial score (nSPS) is 23.3. The molecule has 6 nitrogen and oxygen atoms in total. The van der Waals surface area contributed by atoms with Crippen LogP contribution in [-0.2, 0) is 9.59 Å². The van der Waals surface area contributed by atoms with E-state index in [0.29, 0.717) is 11.1 Å². The maximum Gasteiger partial charge on any atom is 0.250 e. The molecule has 0 aliphatic carbocycles. The highest BCUT2D eigenvalue weighted by Crippen LogP contribution is 2.40. The average molecular weight is 292 g/mol. The quantitative estimate of drug-likeness (QED) is 0.858. The minimum atomic E-state index is -0.419. The van der Waals surface area contributed by atoms with Crippen molar-refractivity contribution in [3.8, 4) is 0 Å². The van der Waals surface area contributed by atoms with Gasteiger partial charge in [0, 0.05) is 24.8 Å². The number of hydrogen-bond donors (Lipinski definition) is 2. The first-order valence-corrected chi connectivity index (χ1v) is 6.91. The molecule has 2 aliphatic heterocycles. The van der Waals surface area contributed by atoms with Crippen LogP contribution in [0.4, 0.5) is 0 Å². The second kappa shape index (κ2) is 4.77. The first kappa shape index (κ1) is 12.7. The Bertz CT molecular complexity index is 719. The van der Waals surface area contributed by atoms with Gasteiger partial charge in [-0.2, -0.15) is 0 Å². The maximum atomic E-state index is 12.4. The van der Waals surface area contributed by atoms with Gasteiger partial charge >= 0.3 is 0 Å². The number of amides is 2. The molecule has 22 heavy (non-hydrogen) atoms. The van der Waals surface area contributed by atoms with E-state index >= 15 is 0 Å². The van der Waals surface area contributed by atoms with Crippen LogP contribution in [0.3, 0.4) is 0 Å². The number of carbonyl (C=O) groups is 2. The van der Waals surface area contributed by atoms with Gasteiger partial charge in [0.2, 0.25) is 0 Å². The maximum absolute atomic E-state index is 12.4. The van der Waals surface area contributed by atoms with E-state index < -0.39 is 12.1 Å². The zero-order valence-corrected chi connectivity index (χ0v) is 11.5. The number of nitrogens with zero attached hydrogens (tertiary/aromatic N) is 2. The van der Waals surface area contributed by atoms with E-state index in [2.05, 4.69) is 20.6 Å². The van der Waals surface area contributed by atoms with Crippen molar-refractivity contribution in [2.75, 3.05) is 0 Å². The predicted molar refractivity (Wildman–Crippen MR) is 77.3 cm³/mol. The Morgan fingerprint density at radius 1 is 0.682 bits per heavy atom. The van der Waals surface area contributed by atoms with Crippen LogP contribution in [0.2, 0.25) is 0 Å². The van der Waals surface area contributed by atoms with Crippen molar-refractivity contribution in [2.45, 2.75) is 12.1 Å². The largest absolute Gasteiger partial charge is 0.341 e. The summed E-state index contributed by atoms with van der Waals surface area (Å²) in [4.78, 5) is 32.7. The minimum absolute atomic E-state index is 0.211. The number of pyridine rings is 2. The lowest BCUT2D eigenvalue weighted by Crippen LogP contribution is -2.33. The zero-order valence-electron chi connectivity index (χ0n) is 11.5. The standard InChI is InChI=1S/C16H12N4O2/c21-15-11-12(14(20-15)10-3-7-18-8-4-10)16(22)19-13(11)9-1-5-17-6-2-9/h1-8,13-14H,(H,19,22)(H,20,21). The number of nitrogens with one attached hydrogen (secondary N) is 2. The fraction of sp³-hybridized carbons (Fsp3) is 0.125. The molecule has 0 fully saturated rings. The van der Waals surface area contributed by atoms with Gasteiger partial charge in [0.05, 0.1) is 23.2 Å². The zero-order chi connectivity index (χ0) is 15.1. The second-order valence-electron chi connectivity index (χ2n) is 5.20. The van der Waals surface area contributed by atoms with Gasteiger partial charge in [-0.3, -0.25) is 19.6 Å². The van der Waals surface area contributed by atoms with Crippen molar-refractivity contribution in [1.29, 1.82) is 0 Å². The summed E-state index contributed by atoms with van der Waals surface area (Å²) in [6, 6.07) is 6.36. The Balaban J connectivity index is 1.80. The summed E-state index contributed by atoms with van der Waals surface area (Å²) in [5.74, 6) is -0.422. The molecule has 0 aromatic carbocycles. The second-order valence-corrected chi connectivity index (χ2v) is 5.20. The molecule has 0 bridgehead atoms. The van der Waals surface area contributed by atoms with Gasteiger partial charge in [-0.1, -0.05) is 0 Å². The Morgan fingerprint density at radius 2 is 1.05 bits per heavy atom. The molecule has 4 heterocycles. The molecule has 0 saturated heterocycles. The van der Waals surface area contributed by atoms with Gasteiger partial charge in [0.25, 0.3) is 11.8 Å². The fourth-order valence-electron chi connectivity index (χ4n) is 2.99. The summed E-state index contributed by atoms with van der Waals surface area (Å²) < 4.78 is 0. The van der Waals surface area contributed by atoms with Gasteiger partial charge in [-0.25, -0.2) is 0 Å². The average Bonchev–Trinajstić information content (AvgIpc) is 3.09. The van der Waals surface area contributed by atoms with Crippen LogP contribution in [0.15, 0.2) is 60.2 Å². The summed E-state index contributed by atoms with van der Waals surface area (Å²) >= 11 is 0. The van der Waals surface area contributed by atoms with Crippen LogP contribution in [-0.4, -0.2) is 21.8 Å². The number of rotatable bonds is 2. The number of aromatic nitrogens is 2. The van der Waals surface area contributed by atoms with Crippen molar-refractivity contribution < 1.29 is 9.59 Å². The minimum Gasteiger partial charge on any atom is -0.341 e. The van der Waals surface area contributed by atoms with Gasteiger partial charge in [-0.15, -0.1) is 0 Å².